The molecule has 2 fully saturated rings. The first-order chi connectivity index (χ1) is 10.9. The molecule has 0 aromatic carbocycles. The van der Waals surface area contributed by atoms with Gasteiger partial charge in [-0.1, -0.05) is 39.7 Å². The maximum atomic E-state index is 12.5. The monoisotopic (exact) mass is 322 g/mol. The van der Waals surface area contributed by atoms with Crippen molar-refractivity contribution in [3.05, 3.63) is 12.2 Å². The largest absolute Gasteiger partial charge is 0.469 e. The smallest absolute Gasteiger partial charge is 0.309 e. The molecule has 4 heteroatoms. The highest BCUT2D eigenvalue weighted by Gasteiger charge is 2.48. The lowest BCUT2D eigenvalue weighted by Crippen LogP contribution is -2.25. The molecule has 0 bridgehead atoms. The van der Waals surface area contributed by atoms with Crippen molar-refractivity contribution in [1.29, 1.82) is 0 Å². The van der Waals surface area contributed by atoms with Crippen LogP contribution in [0, 0.1) is 23.2 Å². The third kappa shape index (κ3) is 4.03. The lowest BCUT2D eigenvalue weighted by atomic mass is 9.81. The Morgan fingerprint density at radius 1 is 1.35 bits per heavy atom. The molecule has 1 heterocycles. The highest BCUT2D eigenvalue weighted by Crippen LogP contribution is 2.45. The Balaban J connectivity index is 2.08. The van der Waals surface area contributed by atoms with Crippen LogP contribution in [0.1, 0.15) is 52.9 Å². The summed E-state index contributed by atoms with van der Waals surface area (Å²) in [7, 11) is 1.43. The molecular formula is C19H30O4. The van der Waals surface area contributed by atoms with E-state index in [1.54, 1.807) is 6.08 Å². The Kier molecular flexibility index (Phi) is 6.01. The number of carbonyl (C=O) groups is 2. The number of methoxy groups -OCH3 is 1. The van der Waals surface area contributed by atoms with E-state index in [1.165, 1.54) is 7.11 Å². The van der Waals surface area contributed by atoms with E-state index in [0.29, 0.717) is 12.3 Å². The molecule has 0 aromatic heterocycles. The van der Waals surface area contributed by atoms with Gasteiger partial charge < -0.3 is 9.47 Å². The molecule has 2 rings (SSSR count). The van der Waals surface area contributed by atoms with Gasteiger partial charge in [0.2, 0.25) is 0 Å². The van der Waals surface area contributed by atoms with Crippen LogP contribution in [0.15, 0.2) is 12.2 Å². The lowest BCUT2D eigenvalue weighted by Gasteiger charge is -2.22. The summed E-state index contributed by atoms with van der Waals surface area (Å²) < 4.78 is 10.7. The van der Waals surface area contributed by atoms with Gasteiger partial charge in [-0.2, -0.15) is 0 Å². The Hall–Kier alpha value is -1.16. The van der Waals surface area contributed by atoms with Crippen molar-refractivity contribution in [3.8, 4) is 0 Å². The number of ketones is 1. The zero-order valence-electron chi connectivity index (χ0n) is 14.8. The fraction of sp³-hybridized carbons (Fsp3) is 0.789. The Bertz CT molecular complexity index is 466. The van der Waals surface area contributed by atoms with E-state index in [0.717, 1.165) is 32.3 Å². The number of rotatable bonds is 7. The molecular weight excluding hydrogens is 292 g/mol. The summed E-state index contributed by atoms with van der Waals surface area (Å²) in [5.41, 5.74) is -0.336. The van der Waals surface area contributed by atoms with E-state index in [4.69, 9.17) is 9.47 Å². The summed E-state index contributed by atoms with van der Waals surface area (Å²) in [5.74, 6) is 0.174. The minimum absolute atomic E-state index is 0.0564. The molecule has 0 radical (unpaired) electrons. The van der Waals surface area contributed by atoms with E-state index >= 15 is 0 Å². The van der Waals surface area contributed by atoms with Crippen molar-refractivity contribution < 1.29 is 19.1 Å². The van der Waals surface area contributed by atoms with Crippen molar-refractivity contribution in [2.45, 2.75) is 59.0 Å². The van der Waals surface area contributed by atoms with Gasteiger partial charge in [0, 0.05) is 12.0 Å². The number of carbonyl (C=O) groups excluding carboxylic acids is 2. The van der Waals surface area contributed by atoms with Crippen LogP contribution >= 0.6 is 0 Å². The minimum atomic E-state index is -0.336. The van der Waals surface area contributed by atoms with Gasteiger partial charge in [0.05, 0.1) is 19.1 Å². The Morgan fingerprint density at radius 3 is 2.74 bits per heavy atom. The number of unbranched alkanes of at least 4 members (excludes halogenated alkanes) is 1. The topological polar surface area (TPSA) is 52.6 Å². The molecule has 4 nitrogen and oxygen atoms in total. The van der Waals surface area contributed by atoms with Crippen molar-refractivity contribution in [1.82, 2.24) is 0 Å². The van der Waals surface area contributed by atoms with Gasteiger partial charge in [-0.3, -0.25) is 9.59 Å². The summed E-state index contributed by atoms with van der Waals surface area (Å²) in [6.07, 6.45) is 8.51. The van der Waals surface area contributed by atoms with Crippen molar-refractivity contribution >= 4 is 11.8 Å². The van der Waals surface area contributed by atoms with E-state index < -0.39 is 0 Å². The van der Waals surface area contributed by atoms with Crippen LogP contribution < -0.4 is 0 Å². The van der Waals surface area contributed by atoms with Crippen LogP contribution in [-0.2, 0) is 19.1 Å². The quantitative estimate of drug-likeness (QED) is 0.531. The van der Waals surface area contributed by atoms with Gasteiger partial charge in [0.15, 0.2) is 5.78 Å². The van der Waals surface area contributed by atoms with E-state index in [-0.39, 0.29) is 35.1 Å². The molecule has 23 heavy (non-hydrogen) atoms. The average Bonchev–Trinajstić information content (AvgIpc) is 3.11. The molecule has 1 aliphatic heterocycles. The first-order valence-electron chi connectivity index (χ1n) is 8.82. The number of fused-ring (bicyclic) bond motifs is 1. The molecule has 1 saturated heterocycles. The average molecular weight is 322 g/mol. The third-order valence-corrected chi connectivity index (χ3v) is 5.50. The van der Waals surface area contributed by atoms with Crippen molar-refractivity contribution in [3.63, 3.8) is 0 Å². The van der Waals surface area contributed by atoms with Crippen LogP contribution in [0.5, 0.6) is 0 Å². The molecule has 0 unspecified atom stereocenters. The van der Waals surface area contributed by atoms with Crippen molar-refractivity contribution in [2.75, 3.05) is 13.7 Å². The normalized spacial score (nSPS) is 30.6. The van der Waals surface area contributed by atoms with Gasteiger partial charge in [-0.05, 0) is 37.2 Å². The van der Waals surface area contributed by atoms with Crippen molar-refractivity contribution in [2.24, 2.45) is 23.2 Å². The summed E-state index contributed by atoms with van der Waals surface area (Å²) >= 11 is 0. The summed E-state index contributed by atoms with van der Waals surface area (Å²) in [6.45, 7) is 6.89. The molecule has 0 spiro atoms. The first-order valence-corrected chi connectivity index (χ1v) is 8.82. The number of allylic oxidation sites excluding steroid dienone is 2. The summed E-state index contributed by atoms with van der Waals surface area (Å²) in [5, 5.41) is 0. The molecule has 1 aliphatic carbocycles. The number of hydrogen-bond donors (Lipinski definition) is 0. The third-order valence-electron chi connectivity index (χ3n) is 5.50. The van der Waals surface area contributed by atoms with Crippen LogP contribution in [0.2, 0.25) is 0 Å². The van der Waals surface area contributed by atoms with Gasteiger partial charge >= 0.3 is 5.97 Å². The van der Waals surface area contributed by atoms with Crippen LogP contribution in [0.4, 0.5) is 0 Å². The second-order valence-corrected chi connectivity index (χ2v) is 7.52. The Labute approximate surface area is 139 Å². The number of esters is 1. The number of hydrogen-bond acceptors (Lipinski definition) is 4. The second kappa shape index (κ2) is 7.61. The Morgan fingerprint density at radius 2 is 2.09 bits per heavy atom. The van der Waals surface area contributed by atoms with Gasteiger partial charge in [-0.25, -0.2) is 0 Å². The fourth-order valence-electron chi connectivity index (χ4n) is 3.90. The van der Waals surface area contributed by atoms with Crippen LogP contribution in [-0.4, -0.2) is 31.6 Å². The summed E-state index contributed by atoms with van der Waals surface area (Å²) in [6, 6.07) is 0. The maximum Gasteiger partial charge on any atom is 0.309 e. The zero-order valence-corrected chi connectivity index (χ0v) is 14.8. The molecule has 4 atom stereocenters. The molecule has 130 valence electrons. The maximum absolute atomic E-state index is 12.5. The standard InChI is InChI=1S/C19H30O4/c1-5-6-10-19(2,3)17(20)8-7-13-14-9-11-23-16(14)12-15(13)18(21)22-4/h7-8,13-16H,5-6,9-12H2,1-4H3/t13-,14+,15-,16+/m0/s1. The molecule has 2 aliphatic rings. The molecule has 0 N–H and O–H groups in total. The zero-order chi connectivity index (χ0) is 17.0. The second-order valence-electron chi connectivity index (χ2n) is 7.52. The van der Waals surface area contributed by atoms with E-state index in [2.05, 4.69) is 6.92 Å². The number of ether oxygens (including phenoxy) is 2. The van der Waals surface area contributed by atoms with E-state index in [9.17, 15) is 9.59 Å². The lowest BCUT2D eigenvalue weighted by molar-refractivity contribution is -0.146. The predicted molar refractivity (Wildman–Crippen MR) is 88.9 cm³/mol. The predicted octanol–water partition coefficient (Wildman–Crippen LogP) is 3.54. The summed E-state index contributed by atoms with van der Waals surface area (Å²) in [4.78, 5) is 24.6. The first kappa shape index (κ1) is 18.2. The van der Waals surface area contributed by atoms with Gasteiger partial charge in [0.1, 0.15) is 0 Å². The fourth-order valence-corrected chi connectivity index (χ4v) is 3.90. The molecule has 1 saturated carbocycles. The van der Waals surface area contributed by atoms with Crippen LogP contribution in [0.3, 0.4) is 0 Å². The highest BCUT2D eigenvalue weighted by molar-refractivity contribution is 5.94. The van der Waals surface area contributed by atoms with E-state index in [1.807, 2.05) is 19.9 Å². The SMILES string of the molecule is CCCCC(C)(C)C(=O)C=C[C@H]1[C@H]2CCO[C@@H]2C[C@@H]1C(=O)OC. The van der Waals surface area contributed by atoms with Gasteiger partial charge in [0.25, 0.3) is 0 Å². The van der Waals surface area contributed by atoms with Gasteiger partial charge in [-0.15, -0.1) is 0 Å². The minimum Gasteiger partial charge on any atom is -0.469 e. The molecule has 0 aromatic rings. The highest BCUT2D eigenvalue weighted by atomic mass is 16.5. The molecule has 0 amide bonds. The van der Waals surface area contributed by atoms with Crippen LogP contribution in [0.25, 0.3) is 0 Å².